The van der Waals surface area contributed by atoms with Gasteiger partial charge < -0.3 is 14.4 Å². The largest absolute Gasteiger partial charge is 0.465 e. The lowest BCUT2D eigenvalue weighted by molar-refractivity contribution is -0.0295. The quantitative estimate of drug-likeness (QED) is 0.915. The van der Waals surface area contributed by atoms with Gasteiger partial charge in [0.2, 0.25) is 0 Å². The number of benzene rings is 1. The summed E-state index contributed by atoms with van der Waals surface area (Å²) in [6.07, 6.45) is 4.07. The molecular weight excluding hydrogens is 258 g/mol. The molecule has 3 rings (SSSR count). The number of nitrogens with zero attached hydrogens (tertiary/aromatic N) is 3. The van der Waals surface area contributed by atoms with Crippen LogP contribution in [0, 0.1) is 0 Å². The third-order valence-electron chi connectivity index (χ3n) is 3.70. The van der Waals surface area contributed by atoms with E-state index in [1.165, 1.54) is 11.9 Å². The first-order valence-corrected chi connectivity index (χ1v) is 6.71. The predicted molar refractivity (Wildman–Crippen MR) is 75.0 cm³/mol. The van der Waals surface area contributed by atoms with Crippen molar-refractivity contribution in [1.29, 1.82) is 0 Å². The fourth-order valence-corrected chi connectivity index (χ4v) is 2.51. The van der Waals surface area contributed by atoms with E-state index in [9.17, 15) is 4.79 Å². The summed E-state index contributed by atoms with van der Waals surface area (Å²) in [5, 5.41) is 9.00. The molecule has 0 radical (unpaired) electrons. The van der Waals surface area contributed by atoms with Crippen LogP contribution in [-0.2, 0) is 4.74 Å². The van der Waals surface area contributed by atoms with Crippen LogP contribution in [0.5, 0.6) is 0 Å². The van der Waals surface area contributed by atoms with Crippen molar-refractivity contribution in [3.8, 4) is 0 Å². The van der Waals surface area contributed by atoms with Gasteiger partial charge >= 0.3 is 6.09 Å². The second-order valence-corrected chi connectivity index (χ2v) is 4.99. The van der Waals surface area contributed by atoms with Gasteiger partial charge in [0, 0.05) is 19.3 Å². The van der Waals surface area contributed by atoms with Crippen LogP contribution in [-0.4, -0.2) is 34.4 Å². The summed E-state index contributed by atoms with van der Waals surface area (Å²) >= 11 is 0. The first-order valence-electron chi connectivity index (χ1n) is 6.71. The van der Waals surface area contributed by atoms with Gasteiger partial charge in [-0.15, -0.1) is 0 Å². The van der Waals surface area contributed by atoms with Gasteiger partial charge in [0.25, 0.3) is 0 Å². The Morgan fingerprint density at radius 3 is 3.05 bits per heavy atom. The number of rotatable bonds is 2. The molecule has 1 aliphatic heterocycles. The van der Waals surface area contributed by atoms with Gasteiger partial charge in [-0.05, 0) is 37.5 Å². The number of fused-ring (bicyclic) bond motifs is 1. The molecule has 1 unspecified atom stereocenters. The summed E-state index contributed by atoms with van der Waals surface area (Å²) in [5.41, 5.74) is 2.36. The molecule has 0 aliphatic carbocycles. The van der Waals surface area contributed by atoms with Crippen LogP contribution < -0.4 is 4.90 Å². The predicted octanol–water partition coefficient (Wildman–Crippen LogP) is 2.85. The molecular formula is C14H17N3O3. The summed E-state index contributed by atoms with van der Waals surface area (Å²) in [4.78, 5) is 16.5. The SMILES string of the molecule is CN(C(=O)O)c1ccc2c(c1)ncn2C1CCCCO1. The van der Waals surface area contributed by atoms with Crippen LogP contribution >= 0.6 is 0 Å². The highest BCUT2D eigenvalue weighted by molar-refractivity contribution is 5.89. The molecule has 1 N–H and O–H groups in total. The summed E-state index contributed by atoms with van der Waals surface area (Å²) in [6, 6.07) is 5.47. The van der Waals surface area contributed by atoms with Gasteiger partial charge in [0.1, 0.15) is 6.23 Å². The number of carbonyl (C=O) groups is 1. The molecule has 1 aromatic heterocycles. The standard InChI is InChI=1S/C14H17N3O3/c1-16(14(18)19)10-5-6-12-11(8-10)15-9-17(12)13-4-2-3-7-20-13/h5-6,8-9,13H,2-4,7H2,1H3,(H,18,19). The van der Waals surface area contributed by atoms with E-state index in [1.54, 1.807) is 18.5 Å². The Morgan fingerprint density at radius 2 is 2.35 bits per heavy atom. The highest BCUT2D eigenvalue weighted by Crippen LogP contribution is 2.28. The van der Waals surface area contributed by atoms with Gasteiger partial charge in [-0.2, -0.15) is 0 Å². The minimum Gasteiger partial charge on any atom is -0.465 e. The number of hydrogen-bond acceptors (Lipinski definition) is 3. The molecule has 1 aliphatic rings. The van der Waals surface area contributed by atoms with Crippen molar-refractivity contribution in [2.24, 2.45) is 0 Å². The molecule has 1 amide bonds. The van der Waals surface area contributed by atoms with E-state index < -0.39 is 6.09 Å². The first-order chi connectivity index (χ1) is 9.66. The fraction of sp³-hybridized carbons (Fsp3) is 0.429. The van der Waals surface area contributed by atoms with Crippen LogP contribution in [0.4, 0.5) is 10.5 Å². The van der Waals surface area contributed by atoms with E-state index in [2.05, 4.69) is 4.98 Å². The zero-order valence-corrected chi connectivity index (χ0v) is 11.3. The van der Waals surface area contributed by atoms with E-state index in [0.717, 1.165) is 36.9 Å². The molecule has 1 aromatic carbocycles. The molecule has 0 bridgehead atoms. The van der Waals surface area contributed by atoms with E-state index >= 15 is 0 Å². The minimum absolute atomic E-state index is 0.0387. The monoisotopic (exact) mass is 275 g/mol. The van der Waals surface area contributed by atoms with Crippen molar-refractivity contribution in [1.82, 2.24) is 9.55 Å². The topological polar surface area (TPSA) is 67.6 Å². The molecule has 2 heterocycles. The van der Waals surface area contributed by atoms with E-state index in [4.69, 9.17) is 9.84 Å². The number of anilines is 1. The van der Waals surface area contributed by atoms with E-state index in [-0.39, 0.29) is 6.23 Å². The molecule has 1 saturated heterocycles. The first kappa shape index (κ1) is 12.9. The Morgan fingerprint density at radius 1 is 1.50 bits per heavy atom. The maximum absolute atomic E-state index is 11.0. The average Bonchev–Trinajstić information content (AvgIpc) is 2.90. The highest BCUT2D eigenvalue weighted by atomic mass is 16.5. The smallest absolute Gasteiger partial charge is 0.411 e. The molecule has 2 aromatic rings. The van der Waals surface area contributed by atoms with Crippen LogP contribution in [0.25, 0.3) is 11.0 Å². The highest BCUT2D eigenvalue weighted by Gasteiger charge is 2.18. The third kappa shape index (κ3) is 2.22. The van der Waals surface area contributed by atoms with E-state index in [1.807, 2.05) is 10.6 Å². The Balaban J connectivity index is 1.95. The lowest BCUT2D eigenvalue weighted by atomic mass is 10.2. The Labute approximate surface area is 116 Å². The number of ether oxygens (including phenoxy) is 1. The number of carboxylic acid groups (broad SMARTS) is 1. The van der Waals surface area contributed by atoms with Crippen molar-refractivity contribution in [3.63, 3.8) is 0 Å². The summed E-state index contributed by atoms with van der Waals surface area (Å²) < 4.78 is 7.79. The van der Waals surface area contributed by atoms with Crippen LogP contribution in [0.15, 0.2) is 24.5 Å². The Hall–Kier alpha value is -2.08. The number of imidazole rings is 1. The zero-order valence-electron chi connectivity index (χ0n) is 11.3. The van der Waals surface area contributed by atoms with Gasteiger partial charge in [-0.1, -0.05) is 0 Å². The van der Waals surface area contributed by atoms with Crippen molar-refractivity contribution in [3.05, 3.63) is 24.5 Å². The van der Waals surface area contributed by atoms with Crippen LogP contribution in [0.1, 0.15) is 25.5 Å². The lowest BCUT2D eigenvalue weighted by Gasteiger charge is -2.24. The van der Waals surface area contributed by atoms with Gasteiger partial charge in [-0.3, -0.25) is 4.90 Å². The van der Waals surface area contributed by atoms with Gasteiger partial charge in [0.15, 0.2) is 0 Å². The zero-order chi connectivity index (χ0) is 14.1. The van der Waals surface area contributed by atoms with Crippen LogP contribution in [0.2, 0.25) is 0 Å². The molecule has 0 saturated carbocycles. The number of amides is 1. The Kier molecular flexibility index (Phi) is 3.31. The molecule has 106 valence electrons. The van der Waals surface area contributed by atoms with Gasteiger partial charge in [-0.25, -0.2) is 9.78 Å². The average molecular weight is 275 g/mol. The van der Waals surface area contributed by atoms with Crippen molar-refractivity contribution in [2.75, 3.05) is 18.6 Å². The minimum atomic E-state index is -0.987. The Bertz CT molecular complexity index is 632. The molecule has 6 nitrogen and oxygen atoms in total. The molecule has 0 spiro atoms. The van der Waals surface area contributed by atoms with Crippen LogP contribution in [0.3, 0.4) is 0 Å². The molecule has 1 fully saturated rings. The van der Waals surface area contributed by atoms with Crippen molar-refractivity contribution >= 4 is 22.8 Å². The second-order valence-electron chi connectivity index (χ2n) is 4.99. The second kappa shape index (κ2) is 5.13. The summed E-state index contributed by atoms with van der Waals surface area (Å²) in [7, 11) is 1.52. The molecule has 20 heavy (non-hydrogen) atoms. The number of hydrogen-bond donors (Lipinski definition) is 1. The van der Waals surface area contributed by atoms with Gasteiger partial charge in [0.05, 0.1) is 17.4 Å². The lowest BCUT2D eigenvalue weighted by Crippen LogP contribution is -2.23. The third-order valence-corrected chi connectivity index (χ3v) is 3.70. The van der Waals surface area contributed by atoms with E-state index in [0.29, 0.717) is 5.69 Å². The molecule has 1 atom stereocenters. The summed E-state index contributed by atoms with van der Waals surface area (Å²) in [6.45, 7) is 0.782. The molecule has 6 heteroatoms. The fourth-order valence-electron chi connectivity index (χ4n) is 2.51. The maximum atomic E-state index is 11.0. The summed E-state index contributed by atoms with van der Waals surface area (Å²) in [5.74, 6) is 0. The van der Waals surface area contributed by atoms with Crippen molar-refractivity contribution in [2.45, 2.75) is 25.5 Å². The normalized spacial score (nSPS) is 19.1. The maximum Gasteiger partial charge on any atom is 0.411 e. The van der Waals surface area contributed by atoms with Crippen molar-refractivity contribution < 1.29 is 14.6 Å². The number of aromatic nitrogens is 2.